The Morgan fingerprint density at radius 1 is 1.08 bits per heavy atom. The van der Waals surface area contributed by atoms with Gasteiger partial charge in [-0.1, -0.05) is 24.3 Å². The third kappa shape index (κ3) is 3.14. The minimum atomic E-state index is -0.436. The fourth-order valence-electron chi connectivity index (χ4n) is 3.28. The fraction of sp³-hybridized carbons (Fsp3) is 0.350. The minimum absolute atomic E-state index is 0.0218. The van der Waals surface area contributed by atoms with E-state index in [1.54, 1.807) is 0 Å². The van der Waals surface area contributed by atoms with Crippen molar-refractivity contribution in [1.82, 2.24) is 4.90 Å². The predicted octanol–water partition coefficient (Wildman–Crippen LogP) is 2.81. The van der Waals surface area contributed by atoms with Crippen molar-refractivity contribution < 1.29 is 19.0 Å². The maximum Gasteiger partial charge on any atom is 0.264 e. The Labute approximate surface area is 147 Å². The second-order valence-electron chi connectivity index (χ2n) is 6.25. The molecule has 5 nitrogen and oxygen atoms in total. The number of rotatable bonds is 4. The van der Waals surface area contributed by atoms with Crippen molar-refractivity contribution in [2.75, 3.05) is 19.8 Å². The highest BCUT2D eigenvalue weighted by molar-refractivity contribution is 5.82. The number of nitrogens with zero attached hydrogens (tertiary/aromatic N) is 1. The fourth-order valence-corrected chi connectivity index (χ4v) is 3.28. The van der Waals surface area contributed by atoms with Gasteiger partial charge in [0.2, 0.25) is 0 Å². The van der Waals surface area contributed by atoms with Crippen LogP contribution in [0.2, 0.25) is 0 Å². The summed E-state index contributed by atoms with van der Waals surface area (Å²) >= 11 is 0. The molecule has 0 unspecified atom stereocenters. The molecule has 2 heterocycles. The summed E-state index contributed by atoms with van der Waals surface area (Å²) in [6.07, 6.45) is 0.196. The van der Waals surface area contributed by atoms with Gasteiger partial charge in [0.05, 0.1) is 0 Å². The van der Waals surface area contributed by atoms with Gasteiger partial charge in [0.15, 0.2) is 17.6 Å². The molecule has 0 bridgehead atoms. The molecular formula is C20H21NO4. The Kier molecular flexibility index (Phi) is 4.22. The maximum atomic E-state index is 12.9. The van der Waals surface area contributed by atoms with Crippen LogP contribution in [-0.4, -0.2) is 36.7 Å². The van der Waals surface area contributed by atoms with E-state index < -0.39 is 6.10 Å². The van der Waals surface area contributed by atoms with Crippen LogP contribution in [0.25, 0.3) is 0 Å². The van der Waals surface area contributed by atoms with Gasteiger partial charge >= 0.3 is 0 Å². The van der Waals surface area contributed by atoms with Crippen LogP contribution in [0.3, 0.4) is 0 Å². The molecule has 4 rings (SSSR count). The van der Waals surface area contributed by atoms with Gasteiger partial charge in [-0.2, -0.15) is 0 Å². The van der Waals surface area contributed by atoms with Crippen LogP contribution in [0, 0.1) is 0 Å². The number of hydrogen-bond donors (Lipinski definition) is 0. The molecule has 2 aliphatic rings. The average molecular weight is 339 g/mol. The summed E-state index contributed by atoms with van der Waals surface area (Å²) in [4.78, 5) is 14.7. The zero-order chi connectivity index (χ0) is 17.2. The first kappa shape index (κ1) is 15.8. The number of amides is 1. The lowest BCUT2D eigenvalue weighted by Gasteiger charge is -2.25. The molecule has 0 aromatic heterocycles. The summed E-state index contributed by atoms with van der Waals surface area (Å²) in [6, 6.07) is 13.7. The zero-order valence-electron chi connectivity index (χ0n) is 14.2. The summed E-state index contributed by atoms with van der Waals surface area (Å²) in [7, 11) is 0. The highest BCUT2D eigenvalue weighted by Crippen LogP contribution is 2.32. The Morgan fingerprint density at radius 3 is 2.68 bits per heavy atom. The van der Waals surface area contributed by atoms with E-state index >= 15 is 0 Å². The molecule has 0 saturated carbocycles. The molecule has 130 valence electrons. The molecule has 5 heteroatoms. The van der Waals surface area contributed by atoms with Gasteiger partial charge in [-0.15, -0.1) is 0 Å². The van der Waals surface area contributed by atoms with Crippen molar-refractivity contribution >= 4 is 5.91 Å². The third-order valence-electron chi connectivity index (χ3n) is 4.60. The lowest BCUT2D eigenvalue weighted by atomic mass is 10.1. The van der Waals surface area contributed by atoms with Crippen molar-refractivity contribution in [3.05, 3.63) is 53.6 Å². The number of ether oxygens (including phenoxy) is 3. The Hall–Kier alpha value is -2.69. The molecule has 25 heavy (non-hydrogen) atoms. The first-order valence-electron chi connectivity index (χ1n) is 8.66. The number of benzene rings is 2. The molecule has 0 saturated heterocycles. The summed E-state index contributed by atoms with van der Waals surface area (Å²) < 4.78 is 17.0. The van der Waals surface area contributed by atoms with Gasteiger partial charge in [-0.25, -0.2) is 0 Å². The smallest absolute Gasteiger partial charge is 0.264 e. The number of fused-ring (bicyclic) bond motifs is 2. The normalized spacial score (nSPS) is 17.6. The molecule has 0 spiro atoms. The molecule has 0 fully saturated rings. The highest BCUT2D eigenvalue weighted by Gasteiger charge is 2.31. The lowest BCUT2D eigenvalue weighted by molar-refractivity contribution is -0.138. The van der Waals surface area contributed by atoms with Gasteiger partial charge in [-0.05, 0) is 36.2 Å². The molecule has 1 amide bonds. The van der Waals surface area contributed by atoms with E-state index in [4.69, 9.17) is 14.2 Å². The molecule has 2 aliphatic heterocycles. The summed E-state index contributed by atoms with van der Waals surface area (Å²) in [5.41, 5.74) is 2.12. The van der Waals surface area contributed by atoms with Crippen molar-refractivity contribution in [3.63, 3.8) is 0 Å². The third-order valence-corrected chi connectivity index (χ3v) is 4.60. The summed E-state index contributed by atoms with van der Waals surface area (Å²) in [6.45, 7) is 4.27. The number of likely N-dealkylation sites (N-methyl/N-ethyl adjacent to an activating group) is 1. The van der Waals surface area contributed by atoms with Gasteiger partial charge in [0.1, 0.15) is 19.0 Å². The van der Waals surface area contributed by atoms with Gasteiger partial charge < -0.3 is 19.1 Å². The highest BCUT2D eigenvalue weighted by atomic mass is 16.6. The van der Waals surface area contributed by atoms with Crippen molar-refractivity contribution in [3.8, 4) is 17.2 Å². The Morgan fingerprint density at radius 2 is 1.88 bits per heavy atom. The van der Waals surface area contributed by atoms with Crippen LogP contribution in [0.1, 0.15) is 18.1 Å². The van der Waals surface area contributed by atoms with E-state index in [2.05, 4.69) is 0 Å². The van der Waals surface area contributed by atoms with Crippen LogP contribution in [0.15, 0.2) is 42.5 Å². The summed E-state index contributed by atoms with van der Waals surface area (Å²) in [5.74, 6) is 2.35. The topological polar surface area (TPSA) is 48.0 Å². The van der Waals surface area contributed by atoms with Crippen LogP contribution in [-0.2, 0) is 17.8 Å². The van der Waals surface area contributed by atoms with Gasteiger partial charge in [0, 0.05) is 19.5 Å². The van der Waals surface area contributed by atoms with E-state index in [1.165, 1.54) is 0 Å². The number of para-hydroxylation sites is 1. The second kappa shape index (κ2) is 6.67. The standard InChI is InChI=1S/C20H21NO4/c1-2-21(13-14-7-8-17-18(11-14)24-10-9-23-17)20(22)19-12-15-5-3-4-6-16(15)25-19/h3-8,11,19H,2,9-10,12-13H2,1H3/t19-/m1/s1. The van der Waals surface area contributed by atoms with E-state index in [1.807, 2.05) is 54.3 Å². The number of hydrogen-bond acceptors (Lipinski definition) is 4. The van der Waals surface area contributed by atoms with Crippen LogP contribution in [0.5, 0.6) is 17.2 Å². The Balaban J connectivity index is 1.46. The molecule has 1 atom stereocenters. The predicted molar refractivity (Wildman–Crippen MR) is 93.1 cm³/mol. The van der Waals surface area contributed by atoms with Gasteiger partial charge in [0.25, 0.3) is 5.91 Å². The molecule has 0 aliphatic carbocycles. The maximum absolute atomic E-state index is 12.9. The van der Waals surface area contributed by atoms with Crippen LogP contribution in [0.4, 0.5) is 0 Å². The first-order valence-corrected chi connectivity index (χ1v) is 8.66. The number of carbonyl (C=O) groups is 1. The van der Waals surface area contributed by atoms with E-state index in [9.17, 15) is 4.79 Å². The van der Waals surface area contributed by atoms with Crippen LogP contribution >= 0.6 is 0 Å². The van der Waals surface area contributed by atoms with E-state index in [0.717, 1.165) is 28.4 Å². The van der Waals surface area contributed by atoms with E-state index in [0.29, 0.717) is 32.7 Å². The SMILES string of the molecule is CCN(Cc1ccc2c(c1)OCCO2)C(=O)[C@H]1Cc2ccccc2O1. The number of carbonyl (C=O) groups excluding carboxylic acids is 1. The first-order chi connectivity index (χ1) is 12.2. The largest absolute Gasteiger partial charge is 0.486 e. The molecular weight excluding hydrogens is 318 g/mol. The average Bonchev–Trinajstić information content (AvgIpc) is 3.09. The monoisotopic (exact) mass is 339 g/mol. The van der Waals surface area contributed by atoms with E-state index in [-0.39, 0.29) is 5.91 Å². The zero-order valence-corrected chi connectivity index (χ0v) is 14.2. The van der Waals surface area contributed by atoms with Crippen molar-refractivity contribution in [2.45, 2.75) is 26.0 Å². The van der Waals surface area contributed by atoms with Gasteiger partial charge in [-0.3, -0.25) is 4.79 Å². The second-order valence-corrected chi connectivity index (χ2v) is 6.25. The molecule has 2 aromatic rings. The molecule has 0 radical (unpaired) electrons. The Bertz CT molecular complexity index is 764. The van der Waals surface area contributed by atoms with Crippen LogP contribution < -0.4 is 14.2 Å². The van der Waals surface area contributed by atoms with Crippen molar-refractivity contribution in [2.24, 2.45) is 0 Å². The van der Waals surface area contributed by atoms with Crippen molar-refractivity contribution in [1.29, 1.82) is 0 Å². The lowest BCUT2D eigenvalue weighted by Crippen LogP contribution is -2.40. The minimum Gasteiger partial charge on any atom is -0.486 e. The molecule has 2 aromatic carbocycles. The molecule has 0 N–H and O–H groups in total. The summed E-state index contributed by atoms with van der Waals surface area (Å²) in [5, 5.41) is 0. The quantitative estimate of drug-likeness (QED) is 0.859.